The molecule has 0 spiro atoms. The Morgan fingerprint density at radius 2 is 1.94 bits per heavy atom. The molecule has 0 heterocycles. The number of benzene rings is 1. The lowest BCUT2D eigenvalue weighted by molar-refractivity contribution is 0.258. The first-order valence-corrected chi connectivity index (χ1v) is 6.13. The van der Waals surface area contributed by atoms with Gasteiger partial charge in [0.05, 0.1) is 0 Å². The normalized spacial score (nSPS) is 13.1. The van der Waals surface area contributed by atoms with Crippen molar-refractivity contribution in [3.05, 3.63) is 34.9 Å². The Kier molecular flexibility index (Phi) is 5.81. The van der Waals surface area contributed by atoms with Crippen LogP contribution in [0.5, 0.6) is 0 Å². The largest absolute Gasteiger partial charge is 0.320 e. The fraction of sp³-hybridized carbons (Fsp3) is 0.538. The summed E-state index contributed by atoms with van der Waals surface area (Å²) in [5, 5.41) is 3.96. The fourth-order valence-electron chi connectivity index (χ4n) is 1.69. The highest BCUT2D eigenvalue weighted by Crippen LogP contribution is 2.20. The third-order valence-electron chi connectivity index (χ3n) is 2.95. The van der Waals surface area contributed by atoms with Gasteiger partial charge >= 0.3 is 0 Å². The Labute approximate surface area is 104 Å². The molecule has 0 aliphatic heterocycles. The van der Waals surface area contributed by atoms with Gasteiger partial charge in [-0.25, -0.2) is 0 Å². The van der Waals surface area contributed by atoms with E-state index in [0.29, 0.717) is 6.04 Å². The summed E-state index contributed by atoms with van der Waals surface area (Å²) in [6.07, 6.45) is 1.17. The van der Waals surface area contributed by atoms with Crippen LogP contribution >= 0.6 is 11.6 Å². The van der Waals surface area contributed by atoms with Crippen LogP contribution in [0.4, 0.5) is 0 Å². The predicted octanol–water partition coefficient (Wildman–Crippen LogP) is 2.94. The molecule has 90 valence electrons. The minimum Gasteiger partial charge on any atom is -0.320 e. The smallest absolute Gasteiger partial charge is 0.0406 e. The monoisotopic (exact) mass is 240 g/mol. The Hall–Kier alpha value is -0.570. The number of nitrogens with zero attached hydrogens (tertiary/aromatic N) is 1. The molecule has 0 bridgehead atoms. The number of rotatable bonds is 6. The topological polar surface area (TPSA) is 15.3 Å². The lowest BCUT2D eigenvalue weighted by Crippen LogP contribution is -2.25. The average Bonchev–Trinajstić information content (AvgIpc) is 2.29. The highest BCUT2D eigenvalue weighted by Gasteiger charge is 2.10. The van der Waals surface area contributed by atoms with Gasteiger partial charge in [-0.2, -0.15) is 0 Å². The van der Waals surface area contributed by atoms with Crippen LogP contribution in [0.2, 0.25) is 5.02 Å². The summed E-state index contributed by atoms with van der Waals surface area (Å²) >= 11 is 5.88. The van der Waals surface area contributed by atoms with E-state index in [1.54, 1.807) is 0 Å². The van der Waals surface area contributed by atoms with E-state index in [-0.39, 0.29) is 0 Å². The summed E-state index contributed by atoms with van der Waals surface area (Å²) in [4.78, 5) is 2.36. The number of hydrogen-bond acceptors (Lipinski definition) is 2. The second kappa shape index (κ2) is 6.89. The van der Waals surface area contributed by atoms with E-state index >= 15 is 0 Å². The van der Waals surface area contributed by atoms with E-state index in [4.69, 9.17) is 11.6 Å². The first-order chi connectivity index (χ1) is 7.65. The summed E-state index contributed by atoms with van der Waals surface area (Å²) in [6.45, 7) is 4.39. The van der Waals surface area contributed by atoms with Gasteiger partial charge in [0.15, 0.2) is 0 Å². The number of hydrogen-bond donors (Lipinski definition) is 1. The van der Waals surface area contributed by atoms with Crippen LogP contribution in [0.15, 0.2) is 24.3 Å². The van der Waals surface area contributed by atoms with Gasteiger partial charge < -0.3 is 5.32 Å². The van der Waals surface area contributed by atoms with Crippen molar-refractivity contribution in [3.63, 3.8) is 0 Å². The van der Waals surface area contributed by atoms with E-state index < -0.39 is 0 Å². The lowest BCUT2D eigenvalue weighted by atomic mass is 10.1. The molecule has 1 aromatic carbocycles. The van der Waals surface area contributed by atoms with Gasteiger partial charge in [-0.1, -0.05) is 23.7 Å². The van der Waals surface area contributed by atoms with Gasteiger partial charge in [0.1, 0.15) is 0 Å². The molecule has 0 saturated carbocycles. The summed E-state index contributed by atoms with van der Waals surface area (Å²) in [7, 11) is 4.15. The number of halogens is 1. The zero-order chi connectivity index (χ0) is 12.0. The third-order valence-corrected chi connectivity index (χ3v) is 3.20. The maximum Gasteiger partial charge on any atom is 0.0406 e. The molecular formula is C13H21ClN2. The Balaban J connectivity index is 2.49. The molecule has 2 nitrogen and oxygen atoms in total. The maximum atomic E-state index is 5.88. The molecule has 1 N–H and O–H groups in total. The van der Waals surface area contributed by atoms with Gasteiger partial charge in [0.25, 0.3) is 0 Å². The van der Waals surface area contributed by atoms with Crippen LogP contribution < -0.4 is 5.32 Å². The standard InChI is InChI=1S/C13H21ClN2/c1-11(16(3)10-4-9-15-2)12-5-7-13(14)8-6-12/h5-8,11,15H,4,9-10H2,1-3H3. The molecule has 0 fully saturated rings. The molecular weight excluding hydrogens is 220 g/mol. The number of nitrogens with one attached hydrogen (secondary N) is 1. The molecule has 0 radical (unpaired) electrons. The van der Waals surface area contributed by atoms with Gasteiger partial charge in [0.2, 0.25) is 0 Å². The molecule has 0 aromatic heterocycles. The van der Waals surface area contributed by atoms with Crippen LogP contribution in [-0.4, -0.2) is 32.1 Å². The fourth-order valence-corrected chi connectivity index (χ4v) is 1.82. The minimum atomic E-state index is 0.439. The summed E-state index contributed by atoms with van der Waals surface area (Å²) in [5.74, 6) is 0. The van der Waals surface area contributed by atoms with Crippen LogP contribution in [-0.2, 0) is 0 Å². The van der Waals surface area contributed by atoms with Gasteiger partial charge in [-0.15, -0.1) is 0 Å². The molecule has 1 atom stereocenters. The van der Waals surface area contributed by atoms with Crippen molar-refractivity contribution in [2.24, 2.45) is 0 Å². The molecule has 0 aliphatic carbocycles. The van der Waals surface area contributed by atoms with Crippen LogP contribution in [0.1, 0.15) is 24.9 Å². The highest BCUT2D eigenvalue weighted by atomic mass is 35.5. The maximum absolute atomic E-state index is 5.88. The van der Waals surface area contributed by atoms with Crippen molar-refractivity contribution < 1.29 is 0 Å². The van der Waals surface area contributed by atoms with Crippen molar-refractivity contribution in [2.45, 2.75) is 19.4 Å². The summed E-state index contributed by atoms with van der Waals surface area (Å²) < 4.78 is 0. The summed E-state index contributed by atoms with van der Waals surface area (Å²) in [6, 6.07) is 8.54. The Bertz CT molecular complexity index is 297. The van der Waals surface area contributed by atoms with Crippen molar-refractivity contribution in [1.29, 1.82) is 0 Å². The second-order valence-electron chi connectivity index (χ2n) is 4.17. The zero-order valence-electron chi connectivity index (χ0n) is 10.3. The quantitative estimate of drug-likeness (QED) is 0.770. The second-order valence-corrected chi connectivity index (χ2v) is 4.60. The van der Waals surface area contributed by atoms with Crippen molar-refractivity contribution in [2.75, 3.05) is 27.2 Å². The SMILES string of the molecule is CNCCCN(C)C(C)c1ccc(Cl)cc1. The van der Waals surface area contributed by atoms with Crippen LogP contribution in [0.3, 0.4) is 0 Å². The lowest BCUT2D eigenvalue weighted by Gasteiger charge is -2.25. The zero-order valence-corrected chi connectivity index (χ0v) is 11.1. The van der Waals surface area contributed by atoms with E-state index in [2.05, 4.69) is 36.3 Å². The molecule has 0 saturated heterocycles. The summed E-state index contributed by atoms with van der Waals surface area (Å²) in [5.41, 5.74) is 1.32. The van der Waals surface area contributed by atoms with Crippen LogP contribution in [0.25, 0.3) is 0 Å². The van der Waals surface area contributed by atoms with Gasteiger partial charge in [0, 0.05) is 11.1 Å². The van der Waals surface area contributed by atoms with E-state index in [0.717, 1.165) is 18.1 Å². The first kappa shape index (κ1) is 13.5. The van der Waals surface area contributed by atoms with Gasteiger partial charge in [-0.05, 0) is 58.2 Å². The minimum absolute atomic E-state index is 0.439. The highest BCUT2D eigenvalue weighted by molar-refractivity contribution is 6.30. The van der Waals surface area contributed by atoms with E-state index in [1.165, 1.54) is 12.0 Å². The van der Waals surface area contributed by atoms with Crippen LogP contribution in [0, 0.1) is 0 Å². The average molecular weight is 241 g/mol. The molecule has 0 amide bonds. The molecule has 1 unspecified atom stereocenters. The Morgan fingerprint density at radius 1 is 1.31 bits per heavy atom. The van der Waals surface area contributed by atoms with Crippen molar-refractivity contribution in [3.8, 4) is 0 Å². The predicted molar refractivity (Wildman–Crippen MR) is 71.0 cm³/mol. The van der Waals surface area contributed by atoms with Crippen molar-refractivity contribution >= 4 is 11.6 Å². The molecule has 1 aromatic rings. The molecule has 16 heavy (non-hydrogen) atoms. The molecule has 1 rings (SSSR count). The third kappa shape index (κ3) is 4.12. The van der Waals surface area contributed by atoms with Crippen molar-refractivity contribution in [1.82, 2.24) is 10.2 Å². The molecule has 0 aliphatic rings. The first-order valence-electron chi connectivity index (χ1n) is 5.75. The van der Waals surface area contributed by atoms with E-state index in [1.807, 2.05) is 19.2 Å². The van der Waals surface area contributed by atoms with Gasteiger partial charge in [-0.3, -0.25) is 4.90 Å². The Morgan fingerprint density at radius 3 is 2.50 bits per heavy atom. The molecule has 3 heteroatoms. The van der Waals surface area contributed by atoms with E-state index in [9.17, 15) is 0 Å².